The lowest BCUT2D eigenvalue weighted by Gasteiger charge is -2.19. The Morgan fingerprint density at radius 1 is 0.920 bits per heavy atom. The summed E-state index contributed by atoms with van der Waals surface area (Å²) in [7, 11) is 0. The van der Waals surface area contributed by atoms with Gasteiger partial charge in [-0.05, 0) is 35.2 Å². The maximum absolute atomic E-state index is 12.4. The SMILES string of the molecule is CC(C)(C)c1ccc(NC(=O)c2ccc(-c3cnccn3)cc2)cc1. The molecular formula is C21H21N3O. The van der Waals surface area contributed by atoms with Gasteiger partial charge >= 0.3 is 0 Å². The molecule has 0 atom stereocenters. The molecule has 0 aliphatic carbocycles. The van der Waals surface area contributed by atoms with Crippen LogP contribution in [0.5, 0.6) is 0 Å². The molecule has 0 spiro atoms. The van der Waals surface area contributed by atoms with E-state index in [0.29, 0.717) is 5.56 Å². The van der Waals surface area contributed by atoms with Gasteiger partial charge in [-0.25, -0.2) is 0 Å². The number of nitrogens with one attached hydrogen (secondary N) is 1. The van der Waals surface area contributed by atoms with Crippen molar-refractivity contribution in [2.24, 2.45) is 0 Å². The highest BCUT2D eigenvalue weighted by molar-refractivity contribution is 6.04. The second-order valence-electron chi connectivity index (χ2n) is 6.95. The van der Waals surface area contributed by atoms with Crippen LogP contribution in [-0.2, 0) is 5.41 Å². The zero-order valence-electron chi connectivity index (χ0n) is 14.7. The third kappa shape index (κ3) is 4.10. The minimum Gasteiger partial charge on any atom is -0.322 e. The highest BCUT2D eigenvalue weighted by Gasteiger charge is 2.13. The number of hydrogen-bond acceptors (Lipinski definition) is 3. The molecule has 1 aromatic heterocycles. The molecule has 0 radical (unpaired) electrons. The van der Waals surface area contributed by atoms with E-state index in [1.165, 1.54) is 5.56 Å². The molecule has 1 heterocycles. The molecular weight excluding hydrogens is 310 g/mol. The molecule has 0 fully saturated rings. The van der Waals surface area contributed by atoms with Crippen molar-refractivity contribution in [3.63, 3.8) is 0 Å². The van der Waals surface area contributed by atoms with Gasteiger partial charge < -0.3 is 5.32 Å². The third-order valence-corrected chi connectivity index (χ3v) is 4.01. The fourth-order valence-corrected chi connectivity index (χ4v) is 2.50. The number of amides is 1. The molecule has 4 nitrogen and oxygen atoms in total. The maximum Gasteiger partial charge on any atom is 0.255 e. The van der Waals surface area contributed by atoms with Gasteiger partial charge in [0, 0.05) is 29.2 Å². The van der Waals surface area contributed by atoms with Crippen molar-refractivity contribution in [1.82, 2.24) is 9.97 Å². The lowest BCUT2D eigenvalue weighted by Crippen LogP contribution is -2.13. The molecule has 0 saturated carbocycles. The molecule has 0 bridgehead atoms. The van der Waals surface area contributed by atoms with E-state index in [1.807, 2.05) is 36.4 Å². The number of aromatic nitrogens is 2. The van der Waals surface area contributed by atoms with Crippen molar-refractivity contribution >= 4 is 11.6 Å². The van der Waals surface area contributed by atoms with Crippen LogP contribution in [0.1, 0.15) is 36.7 Å². The summed E-state index contributed by atoms with van der Waals surface area (Å²) in [6, 6.07) is 15.3. The average molecular weight is 331 g/mol. The van der Waals surface area contributed by atoms with E-state index in [9.17, 15) is 4.79 Å². The topological polar surface area (TPSA) is 54.9 Å². The molecule has 4 heteroatoms. The van der Waals surface area contributed by atoms with Crippen LogP contribution in [-0.4, -0.2) is 15.9 Å². The molecule has 126 valence electrons. The smallest absolute Gasteiger partial charge is 0.255 e. The monoisotopic (exact) mass is 331 g/mol. The average Bonchev–Trinajstić information content (AvgIpc) is 2.62. The summed E-state index contributed by atoms with van der Waals surface area (Å²) in [5.41, 5.74) is 4.44. The highest BCUT2D eigenvalue weighted by Crippen LogP contribution is 2.24. The Balaban J connectivity index is 1.71. The number of hydrogen-bond donors (Lipinski definition) is 1. The van der Waals surface area contributed by atoms with Gasteiger partial charge in [-0.3, -0.25) is 14.8 Å². The Kier molecular flexibility index (Phi) is 4.61. The summed E-state index contributed by atoms with van der Waals surface area (Å²) in [4.78, 5) is 20.7. The number of anilines is 1. The van der Waals surface area contributed by atoms with Crippen molar-refractivity contribution in [3.05, 3.63) is 78.2 Å². The zero-order chi connectivity index (χ0) is 17.9. The minimum atomic E-state index is -0.130. The van der Waals surface area contributed by atoms with E-state index in [1.54, 1.807) is 30.7 Å². The van der Waals surface area contributed by atoms with Gasteiger partial charge in [-0.2, -0.15) is 0 Å². The summed E-state index contributed by atoms with van der Waals surface area (Å²) in [5, 5.41) is 2.93. The summed E-state index contributed by atoms with van der Waals surface area (Å²) in [5.74, 6) is -0.130. The van der Waals surface area contributed by atoms with E-state index in [2.05, 4.69) is 36.1 Å². The number of benzene rings is 2. The van der Waals surface area contributed by atoms with Gasteiger partial charge in [0.15, 0.2) is 0 Å². The lowest BCUT2D eigenvalue weighted by molar-refractivity contribution is 0.102. The molecule has 3 aromatic rings. The van der Waals surface area contributed by atoms with Gasteiger partial charge in [0.25, 0.3) is 5.91 Å². The lowest BCUT2D eigenvalue weighted by atomic mass is 9.87. The van der Waals surface area contributed by atoms with Gasteiger partial charge in [-0.15, -0.1) is 0 Å². The molecule has 0 saturated heterocycles. The molecule has 25 heavy (non-hydrogen) atoms. The van der Waals surface area contributed by atoms with Crippen molar-refractivity contribution < 1.29 is 4.79 Å². The normalized spacial score (nSPS) is 11.2. The van der Waals surface area contributed by atoms with Crippen LogP contribution < -0.4 is 5.32 Å². The molecule has 0 unspecified atom stereocenters. The number of carbonyl (C=O) groups excluding carboxylic acids is 1. The van der Waals surface area contributed by atoms with Gasteiger partial charge in [0.05, 0.1) is 11.9 Å². The second kappa shape index (κ2) is 6.85. The quantitative estimate of drug-likeness (QED) is 0.757. The maximum atomic E-state index is 12.4. The summed E-state index contributed by atoms with van der Waals surface area (Å²) >= 11 is 0. The molecule has 0 aliphatic rings. The first kappa shape index (κ1) is 16.8. The third-order valence-electron chi connectivity index (χ3n) is 4.01. The Morgan fingerprint density at radius 3 is 2.16 bits per heavy atom. The summed E-state index contributed by atoms with van der Waals surface area (Å²) < 4.78 is 0. The van der Waals surface area contributed by atoms with E-state index in [0.717, 1.165) is 16.9 Å². The standard InChI is InChI=1S/C21H21N3O/c1-21(2,3)17-8-10-18(11-9-17)24-20(25)16-6-4-15(5-7-16)19-14-22-12-13-23-19/h4-14H,1-3H3,(H,24,25). The fourth-order valence-electron chi connectivity index (χ4n) is 2.50. The molecule has 0 aliphatic heterocycles. The van der Waals surface area contributed by atoms with Crippen LogP contribution in [0.2, 0.25) is 0 Å². The first-order valence-corrected chi connectivity index (χ1v) is 8.22. The van der Waals surface area contributed by atoms with Crippen LogP contribution >= 0.6 is 0 Å². The van der Waals surface area contributed by atoms with Crippen LogP contribution in [0.25, 0.3) is 11.3 Å². The minimum absolute atomic E-state index is 0.0959. The Labute approximate surface area is 148 Å². The molecule has 1 N–H and O–H groups in total. The van der Waals surface area contributed by atoms with Crippen LogP contribution in [0, 0.1) is 0 Å². The van der Waals surface area contributed by atoms with Gasteiger partial charge in [0.2, 0.25) is 0 Å². The predicted molar refractivity (Wildman–Crippen MR) is 101 cm³/mol. The van der Waals surface area contributed by atoms with Gasteiger partial charge in [-0.1, -0.05) is 45.0 Å². The largest absolute Gasteiger partial charge is 0.322 e. The van der Waals surface area contributed by atoms with Crippen LogP contribution in [0.4, 0.5) is 5.69 Å². The van der Waals surface area contributed by atoms with E-state index >= 15 is 0 Å². The van der Waals surface area contributed by atoms with E-state index in [-0.39, 0.29) is 11.3 Å². The second-order valence-corrected chi connectivity index (χ2v) is 6.95. The van der Waals surface area contributed by atoms with Crippen LogP contribution in [0.3, 0.4) is 0 Å². The Bertz CT molecular complexity index is 848. The van der Waals surface area contributed by atoms with Crippen molar-refractivity contribution in [3.8, 4) is 11.3 Å². The van der Waals surface area contributed by atoms with Crippen molar-refractivity contribution in [2.45, 2.75) is 26.2 Å². The summed E-state index contributed by atoms with van der Waals surface area (Å²) in [6.45, 7) is 6.50. The van der Waals surface area contributed by atoms with Gasteiger partial charge in [0.1, 0.15) is 0 Å². The Hall–Kier alpha value is -3.01. The molecule has 2 aromatic carbocycles. The highest BCUT2D eigenvalue weighted by atomic mass is 16.1. The number of rotatable bonds is 3. The number of nitrogens with zero attached hydrogens (tertiary/aromatic N) is 2. The number of carbonyl (C=O) groups is 1. The fraction of sp³-hybridized carbons (Fsp3) is 0.190. The van der Waals surface area contributed by atoms with Crippen molar-refractivity contribution in [1.29, 1.82) is 0 Å². The van der Waals surface area contributed by atoms with Crippen molar-refractivity contribution in [2.75, 3.05) is 5.32 Å². The van der Waals surface area contributed by atoms with Crippen LogP contribution in [0.15, 0.2) is 67.1 Å². The van der Waals surface area contributed by atoms with E-state index in [4.69, 9.17) is 0 Å². The first-order valence-electron chi connectivity index (χ1n) is 8.22. The molecule has 3 rings (SSSR count). The summed E-state index contributed by atoms with van der Waals surface area (Å²) in [6.07, 6.45) is 4.99. The predicted octanol–water partition coefficient (Wildman–Crippen LogP) is 4.69. The zero-order valence-corrected chi connectivity index (χ0v) is 14.7. The Morgan fingerprint density at radius 2 is 1.60 bits per heavy atom. The first-order chi connectivity index (χ1) is 11.9. The van der Waals surface area contributed by atoms with E-state index < -0.39 is 0 Å². The molecule has 1 amide bonds.